The minimum Gasteiger partial charge on any atom is -0.283 e. The van der Waals surface area contributed by atoms with Crippen molar-refractivity contribution in [2.24, 2.45) is 0 Å². The van der Waals surface area contributed by atoms with Gasteiger partial charge in [-0.25, -0.2) is 8.42 Å². The Morgan fingerprint density at radius 1 is 1.50 bits per heavy atom. The predicted octanol–water partition coefficient (Wildman–Crippen LogP) is 2.69. The molecule has 0 spiro atoms. The van der Waals surface area contributed by atoms with Crippen LogP contribution in [0.3, 0.4) is 0 Å². The lowest BCUT2D eigenvalue weighted by atomic mass is 10.2. The molecule has 1 N–H and O–H groups in total. The van der Waals surface area contributed by atoms with Crippen LogP contribution in [0.15, 0.2) is 18.2 Å². The predicted molar refractivity (Wildman–Crippen MR) is 70.2 cm³/mol. The van der Waals surface area contributed by atoms with E-state index in [0.29, 0.717) is 5.69 Å². The number of sulfonamides is 1. The first-order valence-corrected chi connectivity index (χ1v) is 7.62. The lowest BCUT2D eigenvalue weighted by Crippen LogP contribution is -2.13. The molecule has 0 aromatic heterocycles. The van der Waals surface area contributed by atoms with Gasteiger partial charge in [-0.3, -0.25) is 4.72 Å². The molecule has 1 rings (SSSR count). The average molecular weight is 390 g/mol. The molecular weight excluding hydrogens is 381 g/mol. The second-order valence-corrected chi connectivity index (χ2v) is 6.98. The Labute approximate surface area is 106 Å². The second kappa shape index (κ2) is 4.80. The van der Waals surface area contributed by atoms with Crippen LogP contribution in [-0.4, -0.2) is 13.1 Å². The number of hydrogen-bond acceptors (Lipinski definition) is 2. The van der Waals surface area contributed by atoms with Crippen LogP contribution in [-0.2, 0) is 10.0 Å². The zero-order chi connectivity index (χ0) is 10.8. The van der Waals surface area contributed by atoms with Gasteiger partial charge in [-0.15, -0.1) is 0 Å². The number of anilines is 1. The zero-order valence-electron chi connectivity index (χ0n) is 7.42. The van der Waals surface area contributed by atoms with Crippen molar-refractivity contribution in [2.45, 2.75) is 6.92 Å². The molecule has 3 nitrogen and oxygen atoms in total. The summed E-state index contributed by atoms with van der Waals surface area (Å²) < 4.78 is 25.8. The van der Waals surface area contributed by atoms with Crippen LogP contribution in [0.4, 0.5) is 5.69 Å². The van der Waals surface area contributed by atoms with Crippen molar-refractivity contribution in [3.8, 4) is 0 Å². The highest BCUT2D eigenvalue weighted by atomic mass is 127. The van der Waals surface area contributed by atoms with Crippen molar-refractivity contribution in [3.05, 3.63) is 27.3 Å². The van der Waals surface area contributed by atoms with Gasteiger partial charge in [0.1, 0.15) is 4.66 Å². The molecule has 1 aromatic rings. The summed E-state index contributed by atoms with van der Waals surface area (Å²) in [6.07, 6.45) is 0. The van der Waals surface area contributed by atoms with Crippen molar-refractivity contribution in [1.29, 1.82) is 0 Å². The molecule has 0 atom stereocenters. The molecule has 0 bridgehead atoms. The van der Waals surface area contributed by atoms with Gasteiger partial charge in [0.15, 0.2) is 0 Å². The van der Waals surface area contributed by atoms with E-state index in [9.17, 15) is 8.42 Å². The van der Waals surface area contributed by atoms with Crippen molar-refractivity contribution in [3.63, 3.8) is 0 Å². The van der Waals surface area contributed by atoms with E-state index in [0.717, 1.165) is 9.13 Å². The SMILES string of the molecule is Cc1ccc(NS(=O)(=O)CBr)cc1I. The Kier molecular flexibility index (Phi) is 4.20. The van der Waals surface area contributed by atoms with Gasteiger partial charge in [-0.2, -0.15) is 0 Å². The summed E-state index contributed by atoms with van der Waals surface area (Å²) in [5, 5.41) is 0. The highest BCUT2D eigenvalue weighted by molar-refractivity contribution is 14.1. The molecule has 0 saturated heterocycles. The second-order valence-electron chi connectivity index (χ2n) is 2.79. The minimum absolute atomic E-state index is 0.0928. The molecule has 14 heavy (non-hydrogen) atoms. The highest BCUT2D eigenvalue weighted by Crippen LogP contribution is 2.18. The maximum Gasteiger partial charge on any atom is 0.242 e. The molecule has 0 aliphatic heterocycles. The Balaban J connectivity index is 2.94. The van der Waals surface area contributed by atoms with E-state index in [1.54, 1.807) is 12.1 Å². The lowest BCUT2D eigenvalue weighted by Gasteiger charge is -2.06. The van der Waals surface area contributed by atoms with Gasteiger partial charge in [0.25, 0.3) is 0 Å². The summed E-state index contributed by atoms with van der Waals surface area (Å²) in [5.74, 6) is 0. The summed E-state index contributed by atoms with van der Waals surface area (Å²) >= 11 is 5.08. The molecule has 0 aliphatic rings. The third-order valence-corrected chi connectivity index (χ3v) is 5.39. The molecule has 0 radical (unpaired) electrons. The summed E-state index contributed by atoms with van der Waals surface area (Å²) in [4.78, 5) is 0. The first kappa shape index (κ1) is 12.3. The molecule has 78 valence electrons. The number of halogens is 2. The number of hydrogen-bond donors (Lipinski definition) is 1. The summed E-state index contributed by atoms with van der Waals surface area (Å²) in [6.45, 7) is 1.98. The molecule has 0 saturated carbocycles. The Bertz CT molecular complexity index is 433. The number of rotatable bonds is 3. The molecular formula is C8H9BrINO2S. The summed E-state index contributed by atoms with van der Waals surface area (Å²) in [6, 6.07) is 5.43. The maximum atomic E-state index is 11.2. The van der Waals surface area contributed by atoms with Gasteiger partial charge in [-0.1, -0.05) is 22.0 Å². The largest absolute Gasteiger partial charge is 0.283 e. The topological polar surface area (TPSA) is 46.2 Å². The molecule has 0 heterocycles. The van der Waals surface area contributed by atoms with E-state index in [-0.39, 0.29) is 4.66 Å². The maximum absolute atomic E-state index is 11.2. The van der Waals surface area contributed by atoms with E-state index in [1.165, 1.54) is 0 Å². The van der Waals surface area contributed by atoms with Gasteiger partial charge in [-0.05, 0) is 47.2 Å². The first-order chi connectivity index (χ1) is 6.44. The van der Waals surface area contributed by atoms with E-state index < -0.39 is 10.0 Å². The fraction of sp³-hybridized carbons (Fsp3) is 0.250. The molecule has 6 heteroatoms. The molecule has 1 aromatic carbocycles. The molecule has 0 unspecified atom stereocenters. The standard InChI is InChI=1S/C8H9BrINO2S/c1-6-2-3-7(4-8(6)10)11-14(12,13)5-9/h2-4,11H,5H2,1H3. The summed E-state index contributed by atoms with van der Waals surface area (Å²) in [7, 11) is -3.24. The van der Waals surface area contributed by atoms with Crippen molar-refractivity contribution in [1.82, 2.24) is 0 Å². The van der Waals surface area contributed by atoms with Crippen LogP contribution in [0.1, 0.15) is 5.56 Å². The molecule has 0 fully saturated rings. The van der Waals surface area contributed by atoms with Gasteiger partial charge >= 0.3 is 0 Å². The van der Waals surface area contributed by atoms with Gasteiger partial charge < -0.3 is 0 Å². The van der Waals surface area contributed by atoms with Gasteiger partial charge in [0, 0.05) is 9.26 Å². The molecule has 0 amide bonds. The van der Waals surface area contributed by atoms with E-state index in [4.69, 9.17) is 0 Å². The van der Waals surface area contributed by atoms with Crippen LogP contribution in [0, 0.1) is 10.5 Å². The van der Waals surface area contributed by atoms with E-state index >= 15 is 0 Å². The van der Waals surface area contributed by atoms with Crippen molar-refractivity contribution >= 4 is 54.2 Å². The number of alkyl halides is 1. The minimum atomic E-state index is -3.24. The van der Waals surface area contributed by atoms with Crippen LogP contribution in [0.2, 0.25) is 0 Å². The van der Waals surface area contributed by atoms with Crippen LogP contribution in [0.5, 0.6) is 0 Å². The number of nitrogens with one attached hydrogen (secondary N) is 1. The van der Waals surface area contributed by atoms with Crippen LogP contribution < -0.4 is 4.72 Å². The quantitative estimate of drug-likeness (QED) is 0.638. The smallest absolute Gasteiger partial charge is 0.242 e. The number of aryl methyl sites for hydroxylation is 1. The van der Waals surface area contributed by atoms with Crippen molar-refractivity contribution in [2.75, 3.05) is 9.38 Å². The fourth-order valence-corrected chi connectivity index (χ4v) is 2.26. The highest BCUT2D eigenvalue weighted by Gasteiger charge is 2.07. The van der Waals surface area contributed by atoms with E-state index in [2.05, 4.69) is 43.2 Å². The molecule has 0 aliphatic carbocycles. The Hall–Kier alpha value is 0.180. The van der Waals surface area contributed by atoms with E-state index in [1.807, 2.05) is 13.0 Å². The zero-order valence-corrected chi connectivity index (χ0v) is 12.0. The fourth-order valence-electron chi connectivity index (χ4n) is 0.863. The Morgan fingerprint density at radius 2 is 2.14 bits per heavy atom. The van der Waals surface area contributed by atoms with Crippen LogP contribution >= 0.6 is 38.5 Å². The third kappa shape index (κ3) is 3.39. The third-order valence-electron chi connectivity index (χ3n) is 1.59. The Morgan fingerprint density at radius 3 is 2.64 bits per heavy atom. The van der Waals surface area contributed by atoms with Gasteiger partial charge in [0.05, 0.1) is 0 Å². The van der Waals surface area contributed by atoms with Gasteiger partial charge in [0.2, 0.25) is 10.0 Å². The van der Waals surface area contributed by atoms with Crippen molar-refractivity contribution < 1.29 is 8.42 Å². The first-order valence-electron chi connectivity index (χ1n) is 3.77. The normalized spacial score (nSPS) is 11.4. The van der Waals surface area contributed by atoms with Crippen LogP contribution in [0.25, 0.3) is 0 Å². The number of benzene rings is 1. The summed E-state index contributed by atoms with van der Waals surface area (Å²) in [5.41, 5.74) is 1.73. The lowest BCUT2D eigenvalue weighted by molar-refractivity contribution is 0.606. The average Bonchev–Trinajstić information content (AvgIpc) is 2.11. The monoisotopic (exact) mass is 389 g/mol.